The molecular formula is C12H19NO. The lowest BCUT2D eigenvalue weighted by atomic mass is 9.88. The highest BCUT2D eigenvalue weighted by Crippen LogP contribution is 2.64. The van der Waals surface area contributed by atoms with E-state index in [1.807, 2.05) is 0 Å². The molecule has 1 N–H and O–H groups in total. The Bertz CT molecular complexity index is 275. The van der Waals surface area contributed by atoms with Gasteiger partial charge in [-0.25, -0.2) is 0 Å². The van der Waals surface area contributed by atoms with Gasteiger partial charge in [0, 0.05) is 7.05 Å². The molecule has 0 saturated heterocycles. The molecule has 3 fully saturated rings. The summed E-state index contributed by atoms with van der Waals surface area (Å²) in [5, 5.41) is 2.87. The third-order valence-electron chi connectivity index (χ3n) is 4.83. The molecule has 78 valence electrons. The monoisotopic (exact) mass is 193 g/mol. The van der Waals surface area contributed by atoms with Crippen molar-refractivity contribution in [2.75, 3.05) is 7.05 Å². The third kappa shape index (κ3) is 1.06. The van der Waals surface area contributed by atoms with Gasteiger partial charge in [0.05, 0.1) is 5.41 Å². The van der Waals surface area contributed by atoms with Crippen molar-refractivity contribution in [1.29, 1.82) is 0 Å². The standard InChI is InChI=1S/C12H19NO/c1-13-11(14)12-6-9-3-2-8(4-9)5-10(12)7-12/h8-10H,2-7H2,1H3,(H,13,14). The molecule has 3 saturated carbocycles. The molecule has 0 aromatic heterocycles. The van der Waals surface area contributed by atoms with Gasteiger partial charge in [0.2, 0.25) is 5.91 Å². The minimum atomic E-state index is 0.0919. The molecule has 14 heavy (non-hydrogen) atoms. The second kappa shape index (κ2) is 2.74. The molecule has 4 atom stereocenters. The van der Waals surface area contributed by atoms with Gasteiger partial charge in [0.1, 0.15) is 0 Å². The molecule has 3 aliphatic rings. The number of carbonyl (C=O) groups is 1. The van der Waals surface area contributed by atoms with E-state index in [9.17, 15) is 4.79 Å². The molecule has 0 spiro atoms. The van der Waals surface area contributed by atoms with Crippen LogP contribution in [-0.2, 0) is 4.79 Å². The van der Waals surface area contributed by atoms with Crippen molar-refractivity contribution >= 4 is 5.91 Å². The predicted octanol–water partition coefficient (Wildman–Crippen LogP) is 1.95. The van der Waals surface area contributed by atoms with Crippen LogP contribution in [-0.4, -0.2) is 13.0 Å². The maximum absolute atomic E-state index is 11.8. The van der Waals surface area contributed by atoms with E-state index in [1.165, 1.54) is 38.5 Å². The van der Waals surface area contributed by atoms with Gasteiger partial charge in [-0.1, -0.05) is 12.8 Å². The Morgan fingerprint density at radius 3 is 2.79 bits per heavy atom. The molecule has 1 amide bonds. The van der Waals surface area contributed by atoms with Gasteiger partial charge in [-0.15, -0.1) is 0 Å². The van der Waals surface area contributed by atoms with Crippen LogP contribution in [0.1, 0.15) is 38.5 Å². The van der Waals surface area contributed by atoms with E-state index < -0.39 is 0 Å². The van der Waals surface area contributed by atoms with Crippen LogP contribution >= 0.6 is 0 Å². The summed E-state index contributed by atoms with van der Waals surface area (Å²) in [7, 11) is 1.79. The van der Waals surface area contributed by atoms with E-state index >= 15 is 0 Å². The van der Waals surface area contributed by atoms with Crippen LogP contribution in [0, 0.1) is 23.2 Å². The number of hydrogen-bond donors (Lipinski definition) is 1. The van der Waals surface area contributed by atoms with Crippen LogP contribution in [0.15, 0.2) is 0 Å². The first kappa shape index (κ1) is 8.75. The number of fused-ring (bicyclic) bond motifs is 3. The van der Waals surface area contributed by atoms with Gasteiger partial charge in [-0.05, 0) is 43.4 Å². The number of nitrogens with one attached hydrogen (secondary N) is 1. The van der Waals surface area contributed by atoms with Crippen molar-refractivity contribution in [2.24, 2.45) is 23.2 Å². The quantitative estimate of drug-likeness (QED) is 0.677. The van der Waals surface area contributed by atoms with E-state index in [4.69, 9.17) is 0 Å². The van der Waals surface area contributed by atoms with Crippen molar-refractivity contribution in [2.45, 2.75) is 38.5 Å². The summed E-state index contributed by atoms with van der Waals surface area (Å²) in [4.78, 5) is 11.8. The molecule has 0 aromatic rings. The highest BCUT2D eigenvalue weighted by atomic mass is 16.2. The minimum Gasteiger partial charge on any atom is -0.359 e. The molecule has 0 aliphatic heterocycles. The first-order valence-corrected chi connectivity index (χ1v) is 5.97. The topological polar surface area (TPSA) is 29.1 Å². The highest BCUT2D eigenvalue weighted by Gasteiger charge is 2.62. The molecule has 0 heterocycles. The Morgan fingerprint density at radius 2 is 2.00 bits per heavy atom. The maximum Gasteiger partial charge on any atom is 0.226 e. The Hall–Kier alpha value is -0.530. The molecule has 4 unspecified atom stereocenters. The van der Waals surface area contributed by atoms with Crippen molar-refractivity contribution in [1.82, 2.24) is 5.32 Å². The van der Waals surface area contributed by atoms with Crippen LogP contribution in [0.4, 0.5) is 0 Å². The van der Waals surface area contributed by atoms with E-state index in [0.29, 0.717) is 5.91 Å². The molecule has 0 radical (unpaired) electrons. The van der Waals surface area contributed by atoms with Gasteiger partial charge in [0.15, 0.2) is 0 Å². The molecule has 3 rings (SSSR count). The number of carbonyl (C=O) groups excluding carboxylic acids is 1. The van der Waals surface area contributed by atoms with Crippen LogP contribution in [0.2, 0.25) is 0 Å². The maximum atomic E-state index is 11.8. The molecule has 0 aromatic carbocycles. The van der Waals surface area contributed by atoms with Gasteiger partial charge in [-0.3, -0.25) is 4.79 Å². The third-order valence-corrected chi connectivity index (χ3v) is 4.83. The number of hydrogen-bond acceptors (Lipinski definition) is 1. The van der Waals surface area contributed by atoms with Crippen molar-refractivity contribution in [3.63, 3.8) is 0 Å². The summed E-state index contributed by atoms with van der Waals surface area (Å²) in [5.41, 5.74) is 0.0919. The predicted molar refractivity (Wildman–Crippen MR) is 54.7 cm³/mol. The van der Waals surface area contributed by atoms with Crippen LogP contribution < -0.4 is 5.32 Å². The highest BCUT2D eigenvalue weighted by molar-refractivity contribution is 5.85. The van der Waals surface area contributed by atoms with E-state index in [-0.39, 0.29) is 5.41 Å². The van der Waals surface area contributed by atoms with Crippen LogP contribution in [0.5, 0.6) is 0 Å². The summed E-state index contributed by atoms with van der Waals surface area (Å²) in [6.07, 6.45) is 7.94. The average Bonchev–Trinajstić information content (AvgIpc) is 2.65. The Morgan fingerprint density at radius 1 is 1.21 bits per heavy atom. The summed E-state index contributed by atoms with van der Waals surface area (Å²) in [5.74, 6) is 2.89. The van der Waals surface area contributed by atoms with Crippen LogP contribution in [0.3, 0.4) is 0 Å². The Labute approximate surface area is 85.4 Å². The summed E-state index contributed by atoms with van der Waals surface area (Å²) in [6, 6.07) is 0. The van der Waals surface area contributed by atoms with E-state index in [0.717, 1.165) is 17.8 Å². The van der Waals surface area contributed by atoms with Crippen molar-refractivity contribution < 1.29 is 4.79 Å². The minimum absolute atomic E-state index is 0.0919. The second-order valence-corrected chi connectivity index (χ2v) is 5.62. The van der Waals surface area contributed by atoms with E-state index in [1.54, 1.807) is 7.05 Å². The molecule has 2 nitrogen and oxygen atoms in total. The lowest BCUT2D eigenvalue weighted by molar-refractivity contribution is -0.127. The zero-order valence-electron chi connectivity index (χ0n) is 8.88. The average molecular weight is 193 g/mol. The fraction of sp³-hybridized carbons (Fsp3) is 0.917. The lowest BCUT2D eigenvalue weighted by Gasteiger charge is -2.18. The SMILES string of the molecule is CNC(=O)C12CC3CCC(C3)CC1C2. The van der Waals surface area contributed by atoms with Crippen molar-refractivity contribution in [3.05, 3.63) is 0 Å². The summed E-state index contributed by atoms with van der Waals surface area (Å²) >= 11 is 0. The summed E-state index contributed by atoms with van der Waals surface area (Å²) < 4.78 is 0. The second-order valence-electron chi connectivity index (χ2n) is 5.62. The zero-order valence-corrected chi connectivity index (χ0v) is 8.88. The largest absolute Gasteiger partial charge is 0.359 e. The smallest absolute Gasteiger partial charge is 0.226 e. The molecule has 3 aliphatic carbocycles. The van der Waals surface area contributed by atoms with E-state index in [2.05, 4.69) is 5.32 Å². The first-order chi connectivity index (χ1) is 6.74. The molecular weight excluding hydrogens is 174 g/mol. The number of rotatable bonds is 1. The van der Waals surface area contributed by atoms with Crippen LogP contribution in [0.25, 0.3) is 0 Å². The number of amides is 1. The van der Waals surface area contributed by atoms with Gasteiger partial charge < -0.3 is 5.32 Å². The first-order valence-electron chi connectivity index (χ1n) is 5.97. The lowest BCUT2D eigenvalue weighted by Crippen LogP contribution is -2.31. The summed E-state index contributed by atoms with van der Waals surface area (Å²) in [6.45, 7) is 0. The molecule has 2 heteroatoms. The molecule has 2 bridgehead atoms. The zero-order chi connectivity index (χ0) is 9.76. The van der Waals surface area contributed by atoms with Gasteiger partial charge in [0.25, 0.3) is 0 Å². The van der Waals surface area contributed by atoms with Gasteiger partial charge >= 0.3 is 0 Å². The Balaban J connectivity index is 1.82. The fourth-order valence-electron chi connectivity index (χ4n) is 4.05. The fourth-order valence-corrected chi connectivity index (χ4v) is 4.05. The van der Waals surface area contributed by atoms with Gasteiger partial charge in [-0.2, -0.15) is 0 Å². The normalized spacial score (nSPS) is 49.4. The Kier molecular flexibility index (Phi) is 1.71. The van der Waals surface area contributed by atoms with Crippen molar-refractivity contribution in [3.8, 4) is 0 Å².